The van der Waals surface area contributed by atoms with Crippen LogP contribution in [0.5, 0.6) is 11.5 Å². The van der Waals surface area contributed by atoms with Crippen LogP contribution in [0.15, 0.2) is 34.3 Å². The Morgan fingerprint density at radius 1 is 0.675 bits per heavy atom. The second-order valence-electron chi connectivity index (χ2n) is 15.3. The quantitative estimate of drug-likeness (QED) is 0.291. The Morgan fingerprint density at radius 2 is 1.05 bits per heavy atom. The topological polar surface area (TPSA) is 89.2 Å². The molecule has 1 heterocycles. The molecular weight excluding hydrogens is 496 g/mol. The van der Waals surface area contributed by atoms with Crippen LogP contribution in [0.25, 0.3) is 0 Å². The van der Waals surface area contributed by atoms with Crippen LogP contribution in [0.2, 0.25) is 0 Å². The third kappa shape index (κ3) is 8.17. The van der Waals surface area contributed by atoms with Crippen LogP contribution in [-0.4, -0.2) is 41.9 Å². The fourth-order valence-corrected chi connectivity index (χ4v) is 4.69. The van der Waals surface area contributed by atoms with Gasteiger partial charge in [0, 0.05) is 66.3 Å². The van der Waals surface area contributed by atoms with Crippen molar-refractivity contribution in [1.82, 2.24) is 10.6 Å². The van der Waals surface area contributed by atoms with Gasteiger partial charge in [-0.15, -0.1) is 0 Å². The van der Waals surface area contributed by atoms with Crippen molar-refractivity contribution < 1.29 is 10.2 Å². The van der Waals surface area contributed by atoms with E-state index in [1.165, 1.54) is 0 Å². The number of phenols is 2. The number of hydrogen-bond donors (Lipinski definition) is 4. The van der Waals surface area contributed by atoms with Gasteiger partial charge in [0.2, 0.25) is 0 Å². The van der Waals surface area contributed by atoms with E-state index in [1.807, 2.05) is 12.1 Å². The number of aromatic hydroxyl groups is 2. The zero-order valence-electron chi connectivity index (χ0n) is 26.7. The van der Waals surface area contributed by atoms with Crippen LogP contribution >= 0.6 is 0 Å². The SMILES string of the molecule is CC1(C)CNCc2cc(C(C)(C)C)cc(c2O)C=NC(C(C)(C)C)N=Cc2cc(C(C)(C)C)cc(c2O)CNC1. The van der Waals surface area contributed by atoms with E-state index in [0.29, 0.717) is 24.2 Å². The molecule has 0 atom stereocenters. The summed E-state index contributed by atoms with van der Waals surface area (Å²) in [6, 6.07) is 8.27. The molecule has 0 unspecified atom stereocenters. The van der Waals surface area contributed by atoms with Crippen LogP contribution in [0, 0.1) is 10.8 Å². The average molecular weight is 549 g/mol. The number of fused-ring (bicyclic) bond motifs is 4. The highest BCUT2D eigenvalue weighted by Gasteiger charge is 2.25. The number of aliphatic imine (C=N–C) groups is 2. The monoisotopic (exact) mass is 548 g/mol. The largest absolute Gasteiger partial charge is 0.507 e. The molecular formula is C34H52N4O2. The lowest BCUT2D eigenvalue weighted by Gasteiger charge is -2.27. The standard InChI is InChI=1S/C34H52N4O2/c1-31(2,3)26-12-22-16-35-20-34(10,11)21-36-17-23-13-27(32(4,5)6)15-25(29(23)40)19-38-30(33(7,8)9)37-18-24(14-26)28(22)39/h12-15,18-19,30,35-36,39-40H,16-17,20-21H2,1-11H3. The van der Waals surface area contributed by atoms with Gasteiger partial charge < -0.3 is 20.8 Å². The number of hydrogen-bond acceptors (Lipinski definition) is 6. The highest BCUT2D eigenvalue weighted by Crippen LogP contribution is 2.33. The van der Waals surface area contributed by atoms with Crippen molar-refractivity contribution in [3.63, 3.8) is 0 Å². The average Bonchev–Trinajstić information content (AvgIpc) is 2.79. The third-order valence-corrected chi connectivity index (χ3v) is 7.49. The first-order valence-corrected chi connectivity index (χ1v) is 14.5. The van der Waals surface area contributed by atoms with Gasteiger partial charge in [0.15, 0.2) is 0 Å². The lowest BCUT2D eigenvalue weighted by Crippen LogP contribution is -2.37. The van der Waals surface area contributed by atoms with Gasteiger partial charge in [-0.25, -0.2) is 0 Å². The Bertz CT molecular complexity index is 1170. The number of phenolic OH excluding ortho intramolecular Hbond substituents is 2. The van der Waals surface area contributed by atoms with Gasteiger partial charge in [-0.1, -0.05) is 88.3 Å². The minimum Gasteiger partial charge on any atom is -0.507 e. The van der Waals surface area contributed by atoms with Crippen molar-refractivity contribution in [3.8, 4) is 11.5 Å². The van der Waals surface area contributed by atoms with Crippen LogP contribution in [0.1, 0.15) is 110 Å². The molecule has 0 aromatic heterocycles. The van der Waals surface area contributed by atoms with Crippen LogP contribution in [0.3, 0.4) is 0 Å². The zero-order chi connectivity index (χ0) is 30.1. The second-order valence-corrected chi connectivity index (χ2v) is 15.3. The van der Waals surface area contributed by atoms with Crippen molar-refractivity contribution in [3.05, 3.63) is 57.6 Å². The molecule has 220 valence electrons. The van der Waals surface area contributed by atoms with Gasteiger partial charge in [0.25, 0.3) is 0 Å². The molecule has 0 saturated carbocycles. The maximum atomic E-state index is 11.3. The lowest BCUT2D eigenvalue weighted by molar-refractivity contribution is 0.317. The number of rotatable bonds is 0. The zero-order valence-corrected chi connectivity index (χ0v) is 26.7. The Hall–Kier alpha value is -2.70. The highest BCUT2D eigenvalue weighted by molar-refractivity contribution is 5.86. The van der Waals surface area contributed by atoms with Gasteiger partial charge >= 0.3 is 0 Å². The minimum absolute atomic E-state index is 0.0472. The molecule has 1 aliphatic heterocycles. The van der Waals surface area contributed by atoms with Gasteiger partial charge in [0.1, 0.15) is 17.7 Å². The van der Waals surface area contributed by atoms with Gasteiger partial charge in [-0.3, -0.25) is 9.98 Å². The van der Waals surface area contributed by atoms with E-state index < -0.39 is 6.17 Å². The van der Waals surface area contributed by atoms with E-state index in [-0.39, 0.29) is 33.2 Å². The maximum Gasteiger partial charge on any atom is 0.144 e. The number of nitrogens with one attached hydrogen (secondary N) is 2. The fraction of sp³-hybridized carbons (Fsp3) is 0.588. The first-order chi connectivity index (χ1) is 18.3. The van der Waals surface area contributed by atoms with E-state index in [2.05, 4.69) is 98.9 Å². The first-order valence-electron chi connectivity index (χ1n) is 14.5. The summed E-state index contributed by atoms with van der Waals surface area (Å²) in [5.74, 6) is 0.496. The normalized spacial score (nSPS) is 19.2. The van der Waals surface area contributed by atoms with Crippen molar-refractivity contribution in [2.45, 2.75) is 106 Å². The summed E-state index contributed by atoms with van der Waals surface area (Å²) in [5, 5.41) is 29.7. The molecule has 0 aliphatic carbocycles. The Balaban J connectivity index is 2.19. The van der Waals surface area contributed by atoms with Crippen molar-refractivity contribution >= 4 is 12.4 Å². The molecule has 4 N–H and O–H groups in total. The summed E-state index contributed by atoms with van der Waals surface area (Å²) in [6.07, 6.45) is 3.11. The minimum atomic E-state index is -0.411. The molecule has 0 spiro atoms. The Kier molecular flexibility index (Phi) is 9.27. The molecule has 3 rings (SSSR count). The summed E-state index contributed by atoms with van der Waals surface area (Å²) in [5.41, 5.74) is 4.91. The van der Waals surface area contributed by atoms with Crippen LogP contribution in [-0.2, 0) is 23.9 Å². The smallest absolute Gasteiger partial charge is 0.144 e. The van der Waals surface area contributed by atoms with Crippen molar-refractivity contribution in [2.24, 2.45) is 20.8 Å². The van der Waals surface area contributed by atoms with Gasteiger partial charge in [-0.2, -0.15) is 0 Å². The predicted octanol–water partition coefficient (Wildman–Crippen LogP) is 6.82. The number of benzene rings is 2. The third-order valence-electron chi connectivity index (χ3n) is 7.49. The summed E-state index contributed by atoms with van der Waals surface area (Å²) in [7, 11) is 0. The van der Waals surface area contributed by atoms with Gasteiger partial charge in [0.05, 0.1) is 0 Å². The molecule has 6 heteroatoms. The van der Waals surface area contributed by atoms with E-state index in [9.17, 15) is 10.2 Å². The molecule has 0 amide bonds. The molecule has 0 saturated heterocycles. The van der Waals surface area contributed by atoms with E-state index in [0.717, 1.165) is 35.3 Å². The molecule has 6 nitrogen and oxygen atoms in total. The highest BCUT2D eigenvalue weighted by atomic mass is 16.3. The van der Waals surface area contributed by atoms with E-state index >= 15 is 0 Å². The molecule has 1 aliphatic rings. The molecule has 0 fully saturated rings. The summed E-state index contributed by atoms with van der Waals surface area (Å²) in [4.78, 5) is 9.76. The summed E-state index contributed by atoms with van der Waals surface area (Å²) < 4.78 is 0. The molecule has 40 heavy (non-hydrogen) atoms. The maximum absolute atomic E-state index is 11.3. The van der Waals surface area contributed by atoms with Crippen molar-refractivity contribution in [1.29, 1.82) is 0 Å². The fourth-order valence-electron chi connectivity index (χ4n) is 4.69. The van der Waals surface area contributed by atoms with Crippen molar-refractivity contribution in [2.75, 3.05) is 13.1 Å². The van der Waals surface area contributed by atoms with Gasteiger partial charge in [-0.05, 0) is 39.5 Å². The lowest BCUT2D eigenvalue weighted by atomic mass is 9.84. The first kappa shape index (κ1) is 31.8. The molecule has 2 aromatic carbocycles. The molecule has 0 radical (unpaired) electrons. The van der Waals surface area contributed by atoms with E-state index in [1.54, 1.807) is 12.4 Å². The molecule has 2 aromatic rings. The van der Waals surface area contributed by atoms with E-state index in [4.69, 9.17) is 9.98 Å². The Labute approximate surface area is 242 Å². The predicted molar refractivity (Wildman–Crippen MR) is 169 cm³/mol. The molecule has 4 bridgehead atoms. The second kappa shape index (κ2) is 11.7. The van der Waals surface area contributed by atoms with Crippen LogP contribution < -0.4 is 10.6 Å². The number of nitrogens with zero attached hydrogens (tertiary/aromatic N) is 2. The van der Waals surface area contributed by atoms with Crippen LogP contribution in [0.4, 0.5) is 0 Å². The Morgan fingerprint density at radius 3 is 1.38 bits per heavy atom. The summed E-state index contributed by atoms with van der Waals surface area (Å²) >= 11 is 0. The summed E-state index contributed by atoms with van der Waals surface area (Å²) in [6.45, 7) is 26.4.